The van der Waals surface area contributed by atoms with Gasteiger partial charge < -0.3 is 20.5 Å². The standard InChI is InChI=1S/C22H28FN5/c23-18-8-6-17(7-9-18)16-28-21-5-2-1-4-20(21)26-22(28)25-19-10-14-27(15-11-19)13-3-12-24/h1-2,4-9,19H,3,10-16,24H2,(H,25,26). The summed E-state index contributed by atoms with van der Waals surface area (Å²) in [5.74, 6) is 0.685. The predicted octanol–water partition coefficient (Wildman–Crippen LogP) is 3.45. The Hall–Kier alpha value is -2.44. The summed E-state index contributed by atoms with van der Waals surface area (Å²) in [7, 11) is 0. The molecule has 0 amide bonds. The fourth-order valence-electron chi connectivity index (χ4n) is 3.92. The van der Waals surface area contributed by atoms with Gasteiger partial charge in [0.1, 0.15) is 5.82 Å². The Morgan fingerprint density at radius 3 is 2.57 bits per heavy atom. The Bertz CT molecular complexity index is 897. The van der Waals surface area contributed by atoms with Crippen LogP contribution in [0.15, 0.2) is 48.5 Å². The van der Waals surface area contributed by atoms with Crippen molar-refractivity contribution in [3.8, 4) is 0 Å². The summed E-state index contributed by atoms with van der Waals surface area (Å²) in [5.41, 5.74) is 8.76. The molecule has 1 fully saturated rings. The monoisotopic (exact) mass is 381 g/mol. The Morgan fingerprint density at radius 1 is 1.07 bits per heavy atom. The van der Waals surface area contributed by atoms with E-state index >= 15 is 0 Å². The molecule has 0 aliphatic carbocycles. The van der Waals surface area contributed by atoms with Crippen LogP contribution in [0.1, 0.15) is 24.8 Å². The van der Waals surface area contributed by atoms with Gasteiger partial charge in [-0.25, -0.2) is 9.37 Å². The molecule has 0 spiro atoms. The van der Waals surface area contributed by atoms with Crippen molar-refractivity contribution in [3.63, 3.8) is 0 Å². The number of likely N-dealkylation sites (tertiary alicyclic amines) is 1. The van der Waals surface area contributed by atoms with E-state index in [1.165, 1.54) is 12.1 Å². The van der Waals surface area contributed by atoms with E-state index in [0.29, 0.717) is 12.6 Å². The van der Waals surface area contributed by atoms with Crippen LogP contribution in [0.3, 0.4) is 0 Å². The van der Waals surface area contributed by atoms with Crippen LogP contribution in [0.5, 0.6) is 0 Å². The summed E-state index contributed by atoms with van der Waals surface area (Å²) >= 11 is 0. The number of aromatic nitrogens is 2. The average Bonchev–Trinajstić information content (AvgIpc) is 3.06. The van der Waals surface area contributed by atoms with Gasteiger partial charge in [-0.3, -0.25) is 0 Å². The number of rotatable bonds is 7. The van der Waals surface area contributed by atoms with Gasteiger partial charge in [0.15, 0.2) is 0 Å². The SMILES string of the molecule is NCCCN1CCC(Nc2nc3ccccc3n2Cc2ccc(F)cc2)CC1. The van der Waals surface area contributed by atoms with E-state index in [2.05, 4.69) is 20.9 Å². The molecule has 0 radical (unpaired) electrons. The summed E-state index contributed by atoms with van der Waals surface area (Å²) in [6.07, 6.45) is 3.26. The number of anilines is 1. The van der Waals surface area contributed by atoms with E-state index in [-0.39, 0.29) is 5.82 Å². The van der Waals surface area contributed by atoms with Gasteiger partial charge in [0.05, 0.1) is 17.6 Å². The van der Waals surface area contributed by atoms with E-state index < -0.39 is 0 Å². The molecular weight excluding hydrogens is 353 g/mol. The highest BCUT2D eigenvalue weighted by molar-refractivity contribution is 5.78. The number of halogens is 1. The number of benzene rings is 2. The maximum Gasteiger partial charge on any atom is 0.204 e. The Balaban J connectivity index is 1.51. The number of fused-ring (bicyclic) bond motifs is 1. The number of hydrogen-bond donors (Lipinski definition) is 2. The van der Waals surface area contributed by atoms with Crippen LogP contribution in [0.4, 0.5) is 10.3 Å². The topological polar surface area (TPSA) is 59.1 Å². The molecule has 0 bridgehead atoms. The third-order valence-corrected chi connectivity index (χ3v) is 5.51. The minimum Gasteiger partial charge on any atom is -0.353 e. The first kappa shape index (κ1) is 18.9. The lowest BCUT2D eigenvalue weighted by atomic mass is 10.1. The maximum atomic E-state index is 13.3. The number of piperidine rings is 1. The molecule has 4 rings (SSSR count). The smallest absolute Gasteiger partial charge is 0.204 e. The van der Waals surface area contributed by atoms with Crippen molar-refractivity contribution in [3.05, 3.63) is 59.9 Å². The summed E-state index contributed by atoms with van der Waals surface area (Å²) in [5, 5.41) is 3.67. The van der Waals surface area contributed by atoms with Crippen molar-refractivity contribution in [1.29, 1.82) is 0 Å². The zero-order chi connectivity index (χ0) is 19.3. The second kappa shape index (κ2) is 8.71. The number of nitrogens with two attached hydrogens (primary N) is 1. The molecule has 5 nitrogen and oxygen atoms in total. The fraction of sp³-hybridized carbons (Fsp3) is 0.409. The maximum absolute atomic E-state index is 13.3. The predicted molar refractivity (Wildman–Crippen MR) is 112 cm³/mol. The first-order valence-electron chi connectivity index (χ1n) is 10.1. The fourth-order valence-corrected chi connectivity index (χ4v) is 3.92. The Labute approximate surface area is 165 Å². The van der Waals surface area contributed by atoms with Crippen LogP contribution in [-0.4, -0.2) is 46.7 Å². The normalized spacial score (nSPS) is 15.9. The van der Waals surface area contributed by atoms with Gasteiger partial charge >= 0.3 is 0 Å². The summed E-state index contributed by atoms with van der Waals surface area (Å²) in [6.45, 7) is 4.70. The van der Waals surface area contributed by atoms with Gasteiger partial charge in [0.25, 0.3) is 0 Å². The van der Waals surface area contributed by atoms with Crippen molar-refractivity contribution in [2.75, 3.05) is 31.5 Å². The highest BCUT2D eigenvalue weighted by atomic mass is 19.1. The molecule has 28 heavy (non-hydrogen) atoms. The molecule has 0 saturated carbocycles. The summed E-state index contributed by atoms with van der Waals surface area (Å²) < 4.78 is 15.5. The second-order valence-corrected chi connectivity index (χ2v) is 7.54. The van der Waals surface area contributed by atoms with Gasteiger partial charge in [-0.05, 0) is 62.2 Å². The highest BCUT2D eigenvalue weighted by Gasteiger charge is 2.21. The van der Waals surface area contributed by atoms with E-state index in [1.54, 1.807) is 0 Å². The average molecular weight is 381 g/mol. The largest absolute Gasteiger partial charge is 0.353 e. The number of nitrogens with one attached hydrogen (secondary N) is 1. The third-order valence-electron chi connectivity index (χ3n) is 5.51. The van der Waals surface area contributed by atoms with Crippen LogP contribution in [0, 0.1) is 5.82 Å². The van der Waals surface area contributed by atoms with Crippen LogP contribution in [-0.2, 0) is 6.54 Å². The van der Waals surface area contributed by atoms with Crippen molar-refractivity contribution < 1.29 is 4.39 Å². The molecule has 3 aromatic rings. The van der Waals surface area contributed by atoms with Crippen LogP contribution in [0.25, 0.3) is 11.0 Å². The highest BCUT2D eigenvalue weighted by Crippen LogP contribution is 2.24. The molecule has 3 N–H and O–H groups in total. The van der Waals surface area contributed by atoms with Crippen molar-refractivity contribution in [2.45, 2.75) is 31.8 Å². The lowest BCUT2D eigenvalue weighted by Gasteiger charge is -2.32. The molecule has 0 unspecified atom stereocenters. The van der Waals surface area contributed by atoms with Gasteiger partial charge in [0.2, 0.25) is 5.95 Å². The number of nitrogens with zero attached hydrogens (tertiary/aromatic N) is 3. The lowest BCUT2D eigenvalue weighted by Crippen LogP contribution is -2.40. The molecular formula is C22H28FN5. The van der Waals surface area contributed by atoms with E-state index in [1.807, 2.05) is 30.3 Å². The molecule has 1 saturated heterocycles. The molecule has 1 aliphatic rings. The minimum atomic E-state index is -0.209. The third kappa shape index (κ3) is 4.34. The van der Waals surface area contributed by atoms with Crippen LogP contribution < -0.4 is 11.1 Å². The van der Waals surface area contributed by atoms with Crippen LogP contribution >= 0.6 is 0 Å². The van der Waals surface area contributed by atoms with E-state index in [9.17, 15) is 4.39 Å². The van der Waals surface area contributed by atoms with E-state index in [4.69, 9.17) is 10.7 Å². The zero-order valence-corrected chi connectivity index (χ0v) is 16.1. The van der Waals surface area contributed by atoms with Crippen molar-refractivity contribution in [2.24, 2.45) is 5.73 Å². The first-order chi connectivity index (χ1) is 13.7. The van der Waals surface area contributed by atoms with Gasteiger partial charge in [0, 0.05) is 19.1 Å². The number of imidazole rings is 1. The lowest BCUT2D eigenvalue weighted by molar-refractivity contribution is 0.217. The van der Waals surface area contributed by atoms with Crippen molar-refractivity contribution >= 4 is 17.0 Å². The Morgan fingerprint density at radius 2 is 1.82 bits per heavy atom. The zero-order valence-electron chi connectivity index (χ0n) is 16.1. The number of para-hydroxylation sites is 2. The molecule has 6 heteroatoms. The van der Waals surface area contributed by atoms with Gasteiger partial charge in [-0.1, -0.05) is 24.3 Å². The quantitative estimate of drug-likeness (QED) is 0.658. The van der Waals surface area contributed by atoms with Crippen molar-refractivity contribution in [1.82, 2.24) is 14.5 Å². The van der Waals surface area contributed by atoms with Gasteiger partial charge in [-0.2, -0.15) is 0 Å². The molecule has 2 aromatic carbocycles. The van der Waals surface area contributed by atoms with Crippen LogP contribution in [0.2, 0.25) is 0 Å². The van der Waals surface area contributed by atoms with E-state index in [0.717, 1.165) is 68.0 Å². The molecule has 148 valence electrons. The molecule has 2 heterocycles. The number of hydrogen-bond acceptors (Lipinski definition) is 4. The molecule has 0 atom stereocenters. The molecule has 1 aliphatic heterocycles. The minimum absolute atomic E-state index is 0.209. The summed E-state index contributed by atoms with van der Waals surface area (Å²) in [4.78, 5) is 7.33. The second-order valence-electron chi connectivity index (χ2n) is 7.54. The molecule has 1 aromatic heterocycles. The van der Waals surface area contributed by atoms with Gasteiger partial charge in [-0.15, -0.1) is 0 Å². The first-order valence-corrected chi connectivity index (χ1v) is 10.1. The summed E-state index contributed by atoms with van der Waals surface area (Å²) in [6, 6.07) is 15.3. The Kier molecular flexibility index (Phi) is 5.88.